The Morgan fingerprint density at radius 1 is 0.440 bits per heavy atom. The van der Waals surface area contributed by atoms with Crippen LogP contribution in [0.5, 0.6) is 0 Å². The largest absolute Gasteiger partial charge is 0.448 e. The molecule has 0 radical (unpaired) electrons. The molecular formula is C91H155N11O7. The van der Waals surface area contributed by atoms with Gasteiger partial charge in [0.05, 0.1) is 58.3 Å². The number of hydrogen-bond donors (Lipinski definition) is 1. The van der Waals surface area contributed by atoms with E-state index < -0.39 is 0 Å². The number of nitrogens with one attached hydrogen (secondary N) is 1. The summed E-state index contributed by atoms with van der Waals surface area (Å²) in [6.45, 7) is 88.5. The molecule has 8 aromatic rings. The predicted octanol–water partition coefficient (Wildman–Crippen LogP) is 24.3. The van der Waals surface area contributed by atoms with Gasteiger partial charge in [0.25, 0.3) is 0 Å². The summed E-state index contributed by atoms with van der Waals surface area (Å²) in [6.07, 6.45) is 23.7. The van der Waals surface area contributed by atoms with E-state index in [1.54, 1.807) is 37.2 Å². The number of rotatable bonds is 0. The van der Waals surface area contributed by atoms with E-state index in [9.17, 15) is 0 Å². The number of aromatic nitrogens is 10. The summed E-state index contributed by atoms with van der Waals surface area (Å²) in [5.74, 6) is 5.45. The lowest BCUT2D eigenvalue weighted by atomic mass is 9.74. The Bertz CT molecular complexity index is 3490. The normalized spacial score (nSPS) is 17.4. The van der Waals surface area contributed by atoms with Crippen LogP contribution in [0.1, 0.15) is 355 Å². The van der Waals surface area contributed by atoms with Gasteiger partial charge >= 0.3 is 0 Å². The zero-order chi connectivity index (χ0) is 84.3. The standard InChI is InChI=1S/C9H14N2.C9H15NO.C9H19N.C9H13N.C9H18O.C8H12N2.2C8H13NO.C8H16O.2C7H11NO/c1-7-5-11-8(6-10-7)9(2,3)4;1-6-8(9(3,4)5)11-7(2)10-6;1-8(2,3)9(4)6-5-7-10-9;1-9(2,3)8-6-4-5-7-10-8;1-8(2,3)9(4)6-5-7-10-9;1-8(2,3)7-6-9-4-5-10-7;1-6-5-7(9-10-6)8(2,3)4;1-6-5-7(10-9-6)8(2,3)4;1-8(2,3)7-5-4-6-9-7;1-7(2,3)6-4-8-5-9-6;1-7(2,3)6-4-5-8-9-6/h5-6H,1-4H3;1-5H3;10H,5-7H2,1-4H3;4-7H,1-3H3;5-7H2,1-4H3;4-6H,1-3H3;2*5H,1-4H3;7H,4-6H2,1-3H3;2*4-5H,1-3H3/t;;9-;;;;;;;;/m..0......../s1. The predicted molar refractivity (Wildman–Crippen MR) is 451 cm³/mol. The smallest absolute Gasteiger partial charge is 0.191 e. The van der Waals surface area contributed by atoms with Gasteiger partial charge in [0.15, 0.2) is 12.3 Å². The summed E-state index contributed by atoms with van der Waals surface area (Å²) < 4.78 is 36.7. The molecule has 2 unspecified atom stereocenters. The van der Waals surface area contributed by atoms with Gasteiger partial charge in [-0.05, 0) is 115 Å². The topological polar surface area (TPSA) is 225 Å². The Morgan fingerprint density at radius 3 is 1.25 bits per heavy atom. The minimum absolute atomic E-state index is 0.0747. The van der Waals surface area contributed by atoms with E-state index in [0.717, 1.165) is 87.8 Å². The van der Waals surface area contributed by atoms with E-state index >= 15 is 0 Å². The molecule has 11 heterocycles. The molecule has 0 aromatic carbocycles. The molecule has 0 amide bonds. The summed E-state index contributed by atoms with van der Waals surface area (Å²) >= 11 is 0. The molecule has 0 bridgehead atoms. The second-order valence-corrected chi connectivity index (χ2v) is 40.8. The Labute approximate surface area is 663 Å². The van der Waals surface area contributed by atoms with Gasteiger partial charge in [-0.3, -0.25) is 24.9 Å². The van der Waals surface area contributed by atoms with Crippen molar-refractivity contribution >= 4 is 0 Å². The maximum Gasteiger partial charge on any atom is 0.191 e. The zero-order valence-corrected chi connectivity index (χ0v) is 76.4. The van der Waals surface area contributed by atoms with Crippen LogP contribution in [-0.4, -0.2) is 87.4 Å². The lowest BCUT2D eigenvalue weighted by Crippen LogP contribution is -2.47. The van der Waals surface area contributed by atoms with Crippen LogP contribution in [0.3, 0.4) is 0 Å². The van der Waals surface area contributed by atoms with Gasteiger partial charge in [0.2, 0.25) is 0 Å². The first kappa shape index (κ1) is 100. The Hall–Kier alpha value is -6.76. The molecule has 3 atom stereocenters. The number of nitrogens with zero attached hydrogens (tertiary/aromatic N) is 10. The Morgan fingerprint density at radius 2 is 1.01 bits per heavy atom. The van der Waals surface area contributed by atoms with Crippen LogP contribution < -0.4 is 5.32 Å². The summed E-state index contributed by atoms with van der Waals surface area (Å²) in [5.41, 5.74) is 9.62. The van der Waals surface area contributed by atoms with Crippen molar-refractivity contribution in [1.29, 1.82) is 0 Å². The fourth-order valence-corrected chi connectivity index (χ4v) is 10.3. The van der Waals surface area contributed by atoms with Crippen molar-refractivity contribution in [2.75, 3.05) is 19.8 Å². The monoisotopic (exact) mass is 1510 g/mol. The number of oxazole rings is 2. The van der Waals surface area contributed by atoms with Crippen LogP contribution in [0.4, 0.5) is 0 Å². The van der Waals surface area contributed by atoms with Crippen LogP contribution >= 0.6 is 0 Å². The zero-order valence-electron chi connectivity index (χ0n) is 76.4. The van der Waals surface area contributed by atoms with E-state index in [1.807, 2.05) is 77.3 Å². The van der Waals surface area contributed by atoms with E-state index in [0.29, 0.717) is 27.9 Å². The number of hydrogen-bond acceptors (Lipinski definition) is 18. The molecule has 109 heavy (non-hydrogen) atoms. The second kappa shape index (κ2) is 42.2. The summed E-state index contributed by atoms with van der Waals surface area (Å²) in [7, 11) is 0. The Balaban J connectivity index is 0.000000600. The lowest BCUT2D eigenvalue weighted by Gasteiger charge is -2.38. The molecule has 0 saturated carbocycles. The quantitative estimate of drug-likeness (QED) is 0.149. The molecule has 8 aromatic heterocycles. The van der Waals surface area contributed by atoms with Crippen molar-refractivity contribution in [2.24, 2.45) is 16.2 Å². The molecule has 0 spiro atoms. The summed E-state index contributed by atoms with van der Waals surface area (Å²) in [6, 6.07) is 11.9. The molecule has 3 aliphatic rings. The first-order valence-electron chi connectivity index (χ1n) is 39.4. The van der Waals surface area contributed by atoms with Gasteiger partial charge in [0, 0.05) is 130 Å². The first-order chi connectivity index (χ1) is 49.3. The molecule has 3 saturated heterocycles. The molecule has 616 valence electrons. The maximum atomic E-state index is 5.70. The molecule has 18 nitrogen and oxygen atoms in total. The highest BCUT2D eigenvalue weighted by Gasteiger charge is 2.41. The van der Waals surface area contributed by atoms with Gasteiger partial charge in [0.1, 0.15) is 28.8 Å². The number of pyridine rings is 1. The molecule has 1 N–H and O–H groups in total. The lowest BCUT2D eigenvalue weighted by molar-refractivity contribution is -0.0625. The Kier molecular flexibility index (Phi) is 38.8. The van der Waals surface area contributed by atoms with Crippen molar-refractivity contribution in [2.45, 2.75) is 376 Å². The molecule has 3 fully saturated rings. The van der Waals surface area contributed by atoms with Crippen LogP contribution in [-0.2, 0) is 52.8 Å². The van der Waals surface area contributed by atoms with Crippen molar-refractivity contribution in [3.05, 3.63) is 167 Å². The van der Waals surface area contributed by atoms with Gasteiger partial charge in [-0.25, -0.2) is 9.97 Å². The minimum Gasteiger partial charge on any atom is -0.448 e. The van der Waals surface area contributed by atoms with Crippen LogP contribution in [0.25, 0.3) is 0 Å². The van der Waals surface area contributed by atoms with E-state index in [-0.39, 0.29) is 48.9 Å². The summed E-state index contributed by atoms with van der Waals surface area (Å²) in [5, 5.41) is 14.9. The average Bonchev–Trinajstić information content (AvgIpc) is 1.70. The van der Waals surface area contributed by atoms with Crippen molar-refractivity contribution < 1.29 is 31.9 Å². The summed E-state index contributed by atoms with van der Waals surface area (Å²) in [4.78, 5) is 28.9. The molecule has 0 aliphatic carbocycles. The average molecular weight is 1520 g/mol. The first-order valence-corrected chi connectivity index (χ1v) is 39.4. The minimum atomic E-state index is 0.0747. The molecule has 3 aliphatic heterocycles. The maximum absolute atomic E-state index is 5.70. The third-order valence-corrected chi connectivity index (χ3v) is 18.7. The van der Waals surface area contributed by atoms with Gasteiger partial charge in [-0.15, -0.1) is 0 Å². The number of ether oxygens (including phenoxy) is 2. The molecular weight excluding hydrogens is 1360 g/mol. The molecule has 18 heteroatoms. The third kappa shape index (κ3) is 38.8. The fourth-order valence-electron chi connectivity index (χ4n) is 10.3. The van der Waals surface area contributed by atoms with E-state index in [1.165, 1.54) is 51.5 Å². The SMILES string of the molecule is CC(C)(C)C1(C)CCCO1.CC(C)(C)C1CCCO1.CC(C)(C)[C@]1(C)CCCN1.CC(C)(C)c1ccccn1.CC(C)(C)c1ccno1.CC(C)(C)c1cnccn1.CC(C)(C)c1cnco1.Cc1cc(C(C)(C)C)no1.Cc1cc(C(C)(C)C)on1.Cc1cnc(C(C)(C)C)cn1.Cc1nc(C)c(C(C)(C)C)o1. The van der Waals surface area contributed by atoms with Crippen LogP contribution in [0, 0.1) is 50.9 Å². The van der Waals surface area contributed by atoms with E-state index in [4.69, 9.17) is 31.9 Å². The van der Waals surface area contributed by atoms with Crippen molar-refractivity contribution in [3.8, 4) is 0 Å². The third-order valence-electron chi connectivity index (χ3n) is 18.7. The highest BCUT2D eigenvalue weighted by molar-refractivity contribution is 5.17. The number of aryl methyl sites for hydroxylation is 5. The highest BCUT2D eigenvalue weighted by Crippen LogP contribution is 2.41. The van der Waals surface area contributed by atoms with Crippen molar-refractivity contribution in [1.82, 2.24) is 55.7 Å². The highest BCUT2D eigenvalue weighted by atomic mass is 16.5. The van der Waals surface area contributed by atoms with Gasteiger partial charge in [-0.1, -0.05) is 250 Å². The van der Waals surface area contributed by atoms with Crippen LogP contribution in [0.15, 0.2) is 115 Å². The fraction of sp³-hybridized carbons (Fsp3) is 0.692. The second-order valence-electron chi connectivity index (χ2n) is 40.8. The van der Waals surface area contributed by atoms with Gasteiger partial charge in [-0.2, -0.15) is 0 Å². The molecule has 11 rings (SSSR count). The van der Waals surface area contributed by atoms with E-state index in [2.05, 4.69) is 304 Å². The van der Waals surface area contributed by atoms with Gasteiger partial charge < -0.3 is 37.2 Å². The van der Waals surface area contributed by atoms with Crippen LogP contribution in [0.2, 0.25) is 0 Å². The van der Waals surface area contributed by atoms with Crippen molar-refractivity contribution in [3.63, 3.8) is 0 Å².